The number of rotatable bonds is 12. The lowest BCUT2D eigenvalue weighted by Crippen LogP contribution is -2.21. The van der Waals surface area contributed by atoms with Crippen LogP contribution in [0.3, 0.4) is 0 Å². The summed E-state index contributed by atoms with van der Waals surface area (Å²) in [7, 11) is 5.35. The van der Waals surface area contributed by atoms with Gasteiger partial charge >= 0.3 is 23.9 Å². The topological polar surface area (TPSA) is 176 Å². The third-order valence-corrected chi connectivity index (χ3v) is 8.60. The predicted molar refractivity (Wildman–Crippen MR) is 190 cm³/mol. The minimum Gasteiger partial charge on any atom is -0.496 e. The second-order valence-corrected chi connectivity index (χ2v) is 12.3. The van der Waals surface area contributed by atoms with Gasteiger partial charge in [0.15, 0.2) is 11.5 Å². The van der Waals surface area contributed by atoms with Gasteiger partial charge < -0.3 is 37.9 Å². The zero-order valence-corrected chi connectivity index (χ0v) is 30.4. The van der Waals surface area contributed by atoms with Crippen LogP contribution in [-0.2, 0) is 41.5 Å². The summed E-state index contributed by atoms with van der Waals surface area (Å²) in [6.45, 7) is 8.14. The van der Waals surface area contributed by atoms with Crippen molar-refractivity contribution >= 4 is 67.0 Å². The minimum atomic E-state index is -0.801. The molecule has 0 saturated heterocycles. The Kier molecular flexibility index (Phi) is 10.3. The Morgan fingerprint density at radius 2 is 0.827 bits per heavy atom. The molecule has 0 spiro atoms. The molecule has 0 fully saturated rings. The zero-order chi connectivity index (χ0) is 38.3. The standard InChI is InChI=1S/C38H38O14/c1-15(49-17(3)39)11-21-27-28-22(12-16(2)50-18(4)40)38(48-10)36(44)32-26(52-20(6)42)14-24(46-8)30(34(28)32)29-23(45-7)13-25(51-19(5)41)31(33(27)29)35(43)37(21)47-9/h13-16H,11-12H2,1-10H3. The van der Waals surface area contributed by atoms with Gasteiger partial charge in [0.1, 0.15) is 35.2 Å². The first-order valence-corrected chi connectivity index (χ1v) is 16.2. The molecule has 5 aromatic carbocycles. The molecule has 14 heteroatoms. The SMILES string of the molecule is COc1c(CC(C)OC(C)=O)c2c3c(CC(C)OC(C)=O)c(OC)c(=O)c4c(OC(C)=O)cc(OC)c(c5c(OC)cc(OC(C)=O)c(c1=O)c52)c43. The van der Waals surface area contributed by atoms with E-state index in [1.807, 2.05) is 0 Å². The molecule has 0 aromatic heterocycles. The van der Waals surface area contributed by atoms with Crippen molar-refractivity contribution in [1.82, 2.24) is 0 Å². The molecule has 5 aromatic rings. The molecule has 2 unspecified atom stereocenters. The Hall–Kier alpha value is -5.92. The van der Waals surface area contributed by atoms with Gasteiger partial charge in [0, 0.05) is 85.3 Å². The molecule has 52 heavy (non-hydrogen) atoms. The van der Waals surface area contributed by atoms with Crippen molar-refractivity contribution < 1.29 is 57.1 Å². The van der Waals surface area contributed by atoms with Crippen LogP contribution >= 0.6 is 0 Å². The first kappa shape index (κ1) is 37.3. The van der Waals surface area contributed by atoms with Gasteiger partial charge in [0.05, 0.1) is 39.2 Å². The Morgan fingerprint density at radius 3 is 1.10 bits per heavy atom. The normalized spacial score (nSPS) is 12.5. The van der Waals surface area contributed by atoms with Crippen LogP contribution in [0.25, 0.3) is 43.1 Å². The summed E-state index contributed by atoms with van der Waals surface area (Å²) in [4.78, 5) is 78.3. The van der Waals surface area contributed by atoms with Crippen molar-refractivity contribution in [2.45, 2.75) is 66.6 Å². The lowest BCUT2D eigenvalue weighted by atomic mass is 9.81. The fourth-order valence-electron chi connectivity index (χ4n) is 7.14. The summed E-state index contributed by atoms with van der Waals surface area (Å²) >= 11 is 0. The first-order valence-electron chi connectivity index (χ1n) is 16.2. The van der Waals surface area contributed by atoms with E-state index < -0.39 is 46.9 Å². The van der Waals surface area contributed by atoms with Gasteiger partial charge in [-0.2, -0.15) is 0 Å². The molecule has 5 rings (SSSR count). The Balaban J connectivity index is 2.30. The molecule has 0 amide bonds. The van der Waals surface area contributed by atoms with E-state index in [-0.39, 0.29) is 90.8 Å². The Bertz CT molecular complexity index is 2230. The molecule has 0 aliphatic heterocycles. The van der Waals surface area contributed by atoms with Gasteiger partial charge in [-0.3, -0.25) is 28.8 Å². The van der Waals surface area contributed by atoms with Gasteiger partial charge in [0.2, 0.25) is 10.9 Å². The van der Waals surface area contributed by atoms with Crippen LogP contribution in [0, 0.1) is 0 Å². The molecule has 0 saturated carbocycles. The van der Waals surface area contributed by atoms with E-state index in [0.29, 0.717) is 10.8 Å². The number of hydrogen-bond acceptors (Lipinski definition) is 14. The molecule has 0 heterocycles. The van der Waals surface area contributed by atoms with E-state index in [1.165, 1.54) is 68.3 Å². The molecule has 14 nitrogen and oxygen atoms in total. The summed E-state index contributed by atoms with van der Waals surface area (Å²) in [5.41, 5.74) is -0.765. The molecule has 0 N–H and O–H groups in total. The Morgan fingerprint density at radius 1 is 0.481 bits per heavy atom. The van der Waals surface area contributed by atoms with Crippen LogP contribution < -0.4 is 39.3 Å². The van der Waals surface area contributed by atoms with Gasteiger partial charge in [-0.05, 0) is 24.6 Å². The van der Waals surface area contributed by atoms with Crippen LogP contribution in [0.4, 0.5) is 0 Å². The molecule has 0 aliphatic carbocycles. The van der Waals surface area contributed by atoms with Crippen molar-refractivity contribution in [3.63, 3.8) is 0 Å². The number of carbonyl (C=O) groups excluding carboxylic acids is 4. The lowest BCUT2D eigenvalue weighted by molar-refractivity contribution is -0.146. The number of ether oxygens (including phenoxy) is 8. The van der Waals surface area contributed by atoms with Gasteiger partial charge in [0.25, 0.3) is 0 Å². The van der Waals surface area contributed by atoms with E-state index in [4.69, 9.17) is 37.9 Å². The minimum absolute atomic E-state index is 0.0594. The monoisotopic (exact) mass is 718 g/mol. The molecule has 0 aliphatic rings. The third-order valence-electron chi connectivity index (χ3n) is 8.60. The van der Waals surface area contributed by atoms with Crippen LogP contribution in [-0.4, -0.2) is 64.5 Å². The van der Waals surface area contributed by atoms with Crippen molar-refractivity contribution in [3.05, 3.63) is 43.7 Å². The summed E-state index contributed by atoms with van der Waals surface area (Å²) < 4.78 is 45.6. The fourth-order valence-corrected chi connectivity index (χ4v) is 7.14. The highest BCUT2D eigenvalue weighted by Crippen LogP contribution is 2.54. The van der Waals surface area contributed by atoms with E-state index in [1.54, 1.807) is 13.8 Å². The predicted octanol–water partition coefficient (Wildman–Crippen LogP) is 4.77. The summed E-state index contributed by atoms with van der Waals surface area (Å²) in [6, 6.07) is 2.76. The molecular formula is C38H38O14. The fraction of sp³-hybridized carbons (Fsp3) is 0.368. The summed E-state index contributed by atoms with van der Waals surface area (Å²) in [5.74, 6) is -2.90. The van der Waals surface area contributed by atoms with Crippen molar-refractivity contribution in [3.8, 4) is 34.5 Å². The quantitative estimate of drug-likeness (QED) is 0.0746. The highest BCUT2D eigenvalue weighted by molar-refractivity contribution is 6.38. The van der Waals surface area contributed by atoms with Crippen LogP contribution in [0.1, 0.15) is 52.7 Å². The maximum Gasteiger partial charge on any atom is 0.308 e. The van der Waals surface area contributed by atoms with Crippen LogP contribution in [0.15, 0.2) is 21.7 Å². The first-order chi connectivity index (χ1) is 24.6. The number of methoxy groups -OCH3 is 4. The average molecular weight is 719 g/mol. The van der Waals surface area contributed by atoms with E-state index in [0.717, 1.165) is 0 Å². The van der Waals surface area contributed by atoms with Crippen molar-refractivity contribution in [2.75, 3.05) is 28.4 Å². The molecule has 0 bridgehead atoms. The zero-order valence-electron chi connectivity index (χ0n) is 30.4. The highest BCUT2D eigenvalue weighted by Gasteiger charge is 2.34. The number of fused-ring (bicyclic) bond motifs is 2. The van der Waals surface area contributed by atoms with Gasteiger partial charge in [-0.25, -0.2) is 0 Å². The molecule has 0 radical (unpaired) electrons. The smallest absolute Gasteiger partial charge is 0.308 e. The van der Waals surface area contributed by atoms with Crippen molar-refractivity contribution in [2.24, 2.45) is 0 Å². The maximum atomic E-state index is 14.6. The van der Waals surface area contributed by atoms with Gasteiger partial charge in [-0.1, -0.05) is 0 Å². The van der Waals surface area contributed by atoms with E-state index in [9.17, 15) is 28.8 Å². The number of carbonyl (C=O) groups is 4. The van der Waals surface area contributed by atoms with Crippen LogP contribution in [0.5, 0.6) is 34.5 Å². The molecular weight excluding hydrogens is 680 g/mol. The van der Waals surface area contributed by atoms with E-state index >= 15 is 0 Å². The third kappa shape index (κ3) is 6.29. The largest absolute Gasteiger partial charge is 0.496 e. The van der Waals surface area contributed by atoms with Crippen molar-refractivity contribution in [1.29, 1.82) is 0 Å². The summed E-state index contributed by atoms with van der Waals surface area (Å²) in [5, 5.41) is 1.56. The van der Waals surface area contributed by atoms with Gasteiger partial charge in [-0.15, -0.1) is 0 Å². The second-order valence-electron chi connectivity index (χ2n) is 12.3. The van der Waals surface area contributed by atoms with E-state index in [2.05, 4.69) is 0 Å². The Labute approximate surface area is 297 Å². The average Bonchev–Trinajstić information content (AvgIpc) is 3.04. The highest BCUT2D eigenvalue weighted by atomic mass is 16.6. The second kappa shape index (κ2) is 14.4. The number of hydrogen-bond donors (Lipinski definition) is 0. The summed E-state index contributed by atoms with van der Waals surface area (Å²) in [6.07, 6.45) is -1.74. The maximum absolute atomic E-state index is 14.6. The lowest BCUT2D eigenvalue weighted by Gasteiger charge is -2.26. The number of esters is 4. The molecule has 2 atom stereocenters. The number of benzene rings is 5. The molecule has 274 valence electrons. The van der Waals surface area contributed by atoms with Crippen LogP contribution in [0.2, 0.25) is 0 Å².